The van der Waals surface area contributed by atoms with Crippen molar-refractivity contribution >= 4 is 23.3 Å². The van der Waals surface area contributed by atoms with Gasteiger partial charge in [0.15, 0.2) is 0 Å². The van der Waals surface area contributed by atoms with Crippen molar-refractivity contribution in [2.24, 2.45) is 33.7 Å². The first kappa shape index (κ1) is 19.0. The Morgan fingerprint density at radius 1 is 1.26 bits per heavy atom. The Balaban J connectivity index is 1.63. The highest BCUT2D eigenvalue weighted by molar-refractivity contribution is 6.28. The second-order valence-electron chi connectivity index (χ2n) is 9.48. The van der Waals surface area contributed by atoms with Gasteiger partial charge in [-0.05, 0) is 67.3 Å². The number of carbonyl (C=O) groups excluding carboxylic acids is 1. The summed E-state index contributed by atoms with van der Waals surface area (Å²) in [5.41, 5.74) is 5.04. The SMILES string of the molecule is CC(=O)OC1CC[C@@]2(C)C(=CC[C@@H]3[C@@H]2CC[C@]2(C)C(=N/O)/C(=C/Cl)C[C@@H]32)C1. The van der Waals surface area contributed by atoms with Crippen LogP contribution in [0.1, 0.15) is 65.7 Å². The molecule has 0 aliphatic heterocycles. The molecule has 4 aliphatic rings. The Morgan fingerprint density at radius 3 is 2.67 bits per heavy atom. The van der Waals surface area contributed by atoms with Gasteiger partial charge in [0.25, 0.3) is 0 Å². The highest BCUT2D eigenvalue weighted by Gasteiger charge is 2.59. The van der Waals surface area contributed by atoms with Crippen LogP contribution in [0.25, 0.3) is 0 Å². The molecule has 148 valence electrons. The Labute approximate surface area is 166 Å². The van der Waals surface area contributed by atoms with E-state index >= 15 is 0 Å². The lowest BCUT2D eigenvalue weighted by molar-refractivity contribution is -0.148. The van der Waals surface area contributed by atoms with E-state index in [2.05, 4.69) is 25.1 Å². The van der Waals surface area contributed by atoms with Crippen molar-refractivity contribution in [2.45, 2.75) is 71.8 Å². The van der Waals surface area contributed by atoms with Gasteiger partial charge >= 0.3 is 5.97 Å². The molecule has 4 rings (SSSR count). The number of oxime groups is 1. The van der Waals surface area contributed by atoms with Crippen molar-refractivity contribution in [3.63, 3.8) is 0 Å². The molecule has 0 aromatic carbocycles. The van der Waals surface area contributed by atoms with E-state index in [1.165, 1.54) is 12.5 Å². The molecule has 3 saturated carbocycles. The van der Waals surface area contributed by atoms with Crippen LogP contribution in [0.5, 0.6) is 0 Å². The molecule has 6 atom stereocenters. The zero-order valence-corrected chi connectivity index (χ0v) is 17.3. The third-order valence-electron chi connectivity index (χ3n) is 8.30. The van der Waals surface area contributed by atoms with Gasteiger partial charge in [-0.15, -0.1) is 0 Å². The highest BCUT2D eigenvalue weighted by Crippen LogP contribution is 2.65. The summed E-state index contributed by atoms with van der Waals surface area (Å²) < 4.78 is 5.52. The van der Waals surface area contributed by atoms with Gasteiger partial charge in [0.2, 0.25) is 0 Å². The summed E-state index contributed by atoms with van der Waals surface area (Å²) in [5.74, 6) is 1.54. The minimum absolute atomic E-state index is 0.0395. The van der Waals surface area contributed by atoms with E-state index in [-0.39, 0.29) is 22.9 Å². The lowest BCUT2D eigenvalue weighted by Crippen LogP contribution is -2.50. The molecule has 1 N–H and O–H groups in total. The largest absolute Gasteiger partial charge is 0.462 e. The van der Waals surface area contributed by atoms with E-state index in [4.69, 9.17) is 16.3 Å². The van der Waals surface area contributed by atoms with E-state index in [0.29, 0.717) is 17.8 Å². The first-order chi connectivity index (χ1) is 12.8. The molecule has 4 nitrogen and oxygen atoms in total. The lowest BCUT2D eigenvalue weighted by Gasteiger charge is -2.57. The van der Waals surface area contributed by atoms with E-state index in [0.717, 1.165) is 56.2 Å². The van der Waals surface area contributed by atoms with Gasteiger partial charge in [-0.2, -0.15) is 0 Å². The molecular weight excluding hydrogens is 362 g/mol. The van der Waals surface area contributed by atoms with Crippen LogP contribution in [0, 0.1) is 28.6 Å². The molecule has 27 heavy (non-hydrogen) atoms. The predicted molar refractivity (Wildman–Crippen MR) is 106 cm³/mol. The summed E-state index contributed by atoms with van der Waals surface area (Å²) in [6, 6.07) is 0. The summed E-state index contributed by atoms with van der Waals surface area (Å²) in [7, 11) is 0. The molecule has 3 fully saturated rings. The molecule has 0 spiro atoms. The first-order valence-corrected chi connectivity index (χ1v) is 10.7. The van der Waals surface area contributed by atoms with Gasteiger partial charge in [-0.1, -0.05) is 42.3 Å². The van der Waals surface area contributed by atoms with Gasteiger partial charge in [-0.3, -0.25) is 4.79 Å². The highest BCUT2D eigenvalue weighted by atomic mass is 35.5. The van der Waals surface area contributed by atoms with Crippen molar-refractivity contribution in [3.05, 3.63) is 22.8 Å². The molecule has 0 aromatic heterocycles. The van der Waals surface area contributed by atoms with Crippen molar-refractivity contribution in [2.75, 3.05) is 0 Å². The lowest BCUT2D eigenvalue weighted by atomic mass is 9.48. The summed E-state index contributed by atoms with van der Waals surface area (Å²) in [6.45, 7) is 6.19. The third-order valence-corrected chi connectivity index (χ3v) is 8.56. The number of allylic oxidation sites excluding steroid dienone is 2. The topological polar surface area (TPSA) is 58.9 Å². The van der Waals surface area contributed by atoms with Crippen LogP contribution in [-0.4, -0.2) is 23.0 Å². The second kappa shape index (κ2) is 6.65. The molecule has 1 unspecified atom stereocenters. The Hall–Kier alpha value is -1.29. The van der Waals surface area contributed by atoms with Crippen molar-refractivity contribution in [1.82, 2.24) is 0 Å². The summed E-state index contributed by atoms with van der Waals surface area (Å²) in [6.07, 6.45) is 9.57. The van der Waals surface area contributed by atoms with Crippen LogP contribution < -0.4 is 0 Å². The van der Waals surface area contributed by atoms with Crippen molar-refractivity contribution in [1.29, 1.82) is 0 Å². The molecule has 0 aromatic rings. The average Bonchev–Trinajstić information content (AvgIpc) is 2.93. The molecule has 0 bridgehead atoms. The predicted octanol–water partition coefficient (Wildman–Crippen LogP) is 5.44. The number of halogens is 1. The quantitative estimate of drug-likeness (QED) is 0.280. The van der Waals surface area contributed by atoms with Crippen LogP contribution in [-0.2, 0) is 9.53 Å². The number of hydrogen-bond donors (Lipinski definition) is 1. The maximum Gasteiger partial charge on any atom is 0.302 e. The number of nitrogens with zero attached hydrogens (tertiary/aromatic N) is 1. The Kier molecular flexibility index (Phi) is 4.69. The fraction of sp³-hybridized carbons (Fsp3) is 0.727. The smallest absolute Gasteiger partial charge is 0.302 e. The zero-order valence-electron chi connectivity index (χ0n) is 16.5. The van der Waals surface area contributed by atoms with E-state index < -0.39 is 0 Å². The summed E-state index contributed by atoms with van der Waals surface area (Å²) in [4.78, 5) is 11.4. The minimum atomic E-state index is -0.173. The van der Waals surface area contributed by atoms with Crippen LogP contribution >= 0.6 is 11.6 Å². The fourth-order valence-corrected chi connectivity index (χ4v) is 7.12. The van der Waals surface area contributed by atoms with Gasteiger partial charge in [-0.25, -0.2) is 0 Å². The monoisotopic (exact) mass is 391 g/mol. The number of carbonyl (C=O) groups is 1. The van der Waals surface area contributed by atoms with Crippen LogP contribution in [0.3, 0.4) is 0 Å². The number of hydrogen-bond acceptors (Lipinski definition) is 4. The maximum absolute atomic E-state index is 11.4. The molecular formula is C22H30ClNO3. The normalized spacial score (nSPS) is 46.4. The number of esters is 1. The minimum Gasteiger partial charge on any atom is -0.462 e. The van der Waals surface area contributed by atoms with Crippen LogP contribution in [0.2, 0.25) is 0 Å². The van der Waals surface area contributed by atoms with E-state index in [9.17, 15) is 10.0 Å². The third kappa shape index (κ3) is 2.78. The van der Waals surface area contributed by atoms with Crippen molar-refractivity contribution < 1.29 is 14.7 Å². The molecule has 4 aliphatic carbocycles. The van der Waals surface area contributed by atoms with Gasteiger partial charge < -0.3 is 9.94 Å². The standard InChI is InChI=1S/C22H30ClNO3/c1-13(25)27-16-6-8-21(2)15(11-16)4-5-17-18(21)7-9-22(3)19(17)10-14(12-23)20(22)24-26/h4,12,16-19,26H,5-11H2,1-3H3/b14-12+,24-20+/t16?,17-,18+,19+,21+,22+/m1/s1. The number of rotatable bonds is 1. The van der Waals surface area contributed by atoms with E-state index in [1.54, 1.807) is 5.54 Å². The maximum atomic E-state index is 11.4. The molecule has 0 radical (unpaired) electrons. The molecule has 5 heteroatoms. The van der Waals surface area contributed by atoms with Crippen LogP contribution in [0.4, 0.5) is 0 Å². The summed E-state index contributed by atoms with van der Waals surface area (Å²) >= 11 is 6.07. The number of fused-ring (bicyclic) bond motifs is 5. The molecule has 0 amide bonds. The average molecular weight is 392 g/mol. The number of ether oxygens (including phenoxy) is 1. The molecule has 0 saturated heterocycles. The van der Waals surface area contributed by atoms with Gasteiger partial charge in [0.1, 0.15) is 6.10 Å². The first-order valence-electron chi connectivity index (χ1n) is 10.2. The van der Waals surface area contributed by atoms with Crippen LogP contribution in [0.15, 0.2) is 27.9 Å². The van der Waals surface area contributed by atoms with E-state index in [1.807, 2.05) is 0 Å². The fourth-order valence-electron chi connectivity index (χ4n) is 6.93. The Morgan fingerprint density at radius 2 is 2.00 bits per heavy atom. The summed E-state index contributed by atoms with van der Waals surface area (Å²) in [5, 5.41) is 13.3. The van der Waals surface area contributed by atoms with Gasteiger partial charge in [0, 0.05) is 24.3 Å². The van der Waals surface area contributed by atoms with Crippen molar-refractivity contribution in [3.8, 4) is 0 Å². The second-order valence-corrected chi connectivity index (χ2v) is 9.70. The molecule has 0 heterocycles. The van der Waals surface area contributed by atoms with Gasteiger partial charge in [0.05, 0.1) is 5.71 Å². The Bertz CT molecular complexity index is 742. The zero-order chi connectivity index (χ0) is 19.4.